The number of thioether (sulfide) groups is 1. The van der Waals surface area contributed by atoms with Crippen LogP contribution >= 0.6 is 11.8 Å². The zero-order valence-electron chi connectivity index (χ0n) is 17.7. The van der Waals surface area contributed by atoms with Crippen molar-refractivity contribution in [3.8, 4) is 11.5 Å². The van der Waals surface area contributed by atoms with Gasteiger partial charge in [0.15, 0.2) is 11.5 Å². The maximum absolute atomic E-state index is 13.1. The highest BCUT2D eigenvalue weighted by molar-refractivity contribution is 7.99. The standard InChI is InChI=1S/C21H20F3N5S.H4N2/c1-3-30-20-17(27-16-9-13(6-7-29(16)20)8-12-4-5-12)19-26-15-10-14(21(22,23)24)11-25-18(15)28(19)2;1-2/h6-7,9-12H,3-5,8H2,1-2H3;1-2H2. The molecule has 1 aliphatic rings. The summed E-state index contributed by atoms with van der Waals surface area (Å²) >= 11 is 1.64. The lowest BCUT2D eigenvalue weighted by molar-refractivity contribution is -0.137. The number of rotatable bonds is 5. The maximum atomic E-state index is 13.1. The Balaban J connectivity index is 0.00000119. The van der Waals surface area contributed by atoms with Gasteiger partial charge in [0.05, 0.1) is 5.56 Å². The first kappa shape index (κ1) is 22.6. The average Bonchev–Trinajstić information content (AvgIpc) is 3.43. The molecule has 7 nitrogen and oxygen atoms in total. The number of fused-ring (bicyclic) bond motifs is 2. The second kappa shape index (κ2) is 8.72. The van der Waals surface area contributed by atoms with Crippen molar-refractivity contribution in [2.75, 3.05) is 5.75 Å². The van der Waals surface area contributed by atoms with Gasteiger partial charge in [-0.25, -0.2) is 15.0 Å². The molecular formula is C21H24F3N7S. The summed E-state index contributed by atoms with van der Waals surface area (Å²) in [5.41, 5.74) is 2.56. The first-order chi connectivity index (χ1) is 15.3. The molecule has 11 heteroatoms. The van der Waals surface area contributed by atoms with E-state index in [2.05, 4.69) is 40.7 Å². The van der Waals surface area contributed by atoms with E-state index < -0.39 is 11.7 Å². The van der Waals surface area contributed by atoms with Crippen molar-refractivity contribution in [2.24, 2.45) is 24.7 Å². The van der Waals surface area contributed by atoms with Crippen LogP contribution < -0.4 is 11.7 Å². The lowest BCUT2D eigenvalue weighted by Crippen LogP contribution is -2.05. The zero-order chi connectivity index (χ0) is 23.0. The van der Waals surface area contributed by atoms with Crippen molar-refractivity contribution in [3.05, 3.63) is 41.7 Å². The van der Waals surface area contributed by atoms with Crippen molar-refractivity contribution in [2.45, 2.75) is 37.4 Å². The summed E-state index contributed by atoms with van der Waals surface area (Å²) < 4.78 is 43.0. The largest absolute Gasteiger partial charge is 0.417 e. The molecule has 0 bridgehead atoms. The van der Waals surface area contributed by atoms with E-state index in [0.29, 0.717) is 17.2 Å². The van der Waals surface area contributed by atoms with E-state index in [4.69, 9.17) is 4.98 Å². The fourth-order valence-corrected chi connectivity index (χ4v) is 4.55. The van der Waals surface area contributed by atoms with E-state index in [9.17, 15) is 13.2 Å². The summed E-state index contributed by atoms with van der Waals surface area (Å²) in [5, 5.41) is 0.930. The van der Waals surface area contributed by atoms with Crippen molar-refractivity contribution >= 4 is 28.6 Å². The molecular weight excluding hydrogens is 439 g/mol. The Bertz CT molecular complexity index is 1260. The van der Waals surface area contributed by atoms with Crippen LogP contribution in [-0.2, 0) is 19.6 Å². The molecule has 0 spiro atoms. The maximum Gasteiger partial charge on any atom is 0.417 e. The van der Waals surface area contributed by atoms with Gasteiger partial charge in [-0.05, 0) is 54.7 Å². The Morgan fingerprint density at radius 2 is 1.94 bits per heavy atom. The molecule has 4 aromatic rings. The Morgan fingerprint density at radius 1 is 1.19 bits per heavy atom. The molecule has 0 unspecified atom stereocenters. The number of nitrogens with two attached hydrogens (primary N) is 2. The molecule has 0 atom stereocenters. The average molecular weight is 464 g/mol. The van der Waals surface area contributed by atoms with Gasteiger partial charge in [0.25, 0.3) is 0 Å². The molecule has 1 fully saturated rings. The van der Waals surface area contributed by atoms with Crippen LogP contribution in [0.4, 0.5) is 13.2 Å². The first-order valence-corrected chi connectivity index (χ1v) is 11.2. The minimum atomic E-state index is -4.46. The molecule has 1 aliphatic carbocycles. The molecule has 5 rings (SSSR count). The van der Waals surface area contributed by atoms with Crippen LogP contribution in [0.1, 0.15) is 30.9 Å². The minimum Gasteiger partial charge on any atom is -0.310 e. The molecule has 4 heterocycles. The summed E-state index contributed by atoms with van der Waals surface area (Å²) in [5.74, 6) is 10.1. The number of pyridine rings is 2. The SMILES string of the molecule is CCSc1c(-c2nc3cc(C(F)(F)F)cnc3n2C)nc2cc(CC3CC3)ccn12.NN. The number of hydrogen-bond donors (Lipinski definition) is 2. The second-order valence-corrected chi connectivity index (χ2v) is 8.92. The first-order valence-electron chi connectivity index (χ1n) is 10.2. The van der Waals surface area contributed by atoms with E-state index >= 15 is 0 Å². The zero-order valence-corrected chi connectivity index (χ0v) is 18.5. The van der Waals surface area contributed by atoms with Crippen molar-refractivity contribution in [1.29, 1.82) is 0 Å². The van der Waals surface area contributed by atoms with Gasteiger partial charge >= 0.3 is 6.18 Å². The number of imidazole rings is 2. The van der Waals surface area contributed by atoms with Gasteiger partial charge in [0, 0.05) is 19.4 Å². The molecule has 0 amide bonds. The molecule has 4 N–H and O–H groups in total. The van der Waals surface area contributed by atoms with Crippen molar-refractivity contribution in [1.82, 2.24) is 23.9 Å². The minimum absolute atomic E-state index is 0.209. The Morgan fingerprint density at radius 3 is 2.59 bits per heavy atom. The normalized spacial score (nSPS) is 14.1. The van der Waals surface area contributed by atoms with Crippen LogP contribution in [0.15, 0.2) is 35.6 Å². The summed E-state index contributed by atoms with van der Waals surface area (Å²) in [4.78, 5) is 13.3. The smallest absolute Gasteiger partial charge is 0.310 e. The van der Waals surface area contributed by atoms with E-state index in [0.717, 1.165) is 41.0 Å². The summed E-state index contributed by atoms with van der Waals surface area (Å²) in [6, 6.07) is 5.27. The van der Waals surface area contributed by atoms with E-state index in [1.807, 2.05) is 10.6 Å². The highest BCUT2D eigenvalue weighted by Gasteiger charge is 2.32. The summed E-state index contributed by atoms with van der Waals surface area (Å²) in [6.45, 7) is 2.06. The van der Waals surface area contributed by atoms with Gasteiger partial charge in [-0.2, -0.15) is 13.2 Å². The van der Waals surface area contributed by atoms with Crippen LogP contribution in [0.5, 0.6) is 0 Å². The molecule has 0 saturated heterocycles. The molecule has 0 radical (unpaired) electrons. The summed E-state index contributed by atoms with van der Waals surface area (Å²) in [6.07, 6.45) is 2.06. The van der Waals surface area contributed by atoms with E-state index in [1.54, 1.807) is 23.4 Å². The molecule has 0 aromatic carbocycles. The number of hydrogen-bond acceptors (Lipinski definition) is 6. The number of alkyl halides is 3. The third-order valence-corrected chi connectivity index (χ3v) is 6.35. The Kier molecular flexibility index (Phi) is 6.15. The van der Waals surface area contributed by atoms with Crippen LogP contribution in [0.3, 0.4) is 0 Å². The monoisotopic (exact) mass is 463 g/mol. The topological polar surface area (TPSA) is 100 Å². The number of aromatic nitrogens is 5. The number of hydrazine groups is 1. The lowest BCUT2D eigenvalue weighted by Gasteiger charge is -2.05. The molecule has 0 aliphatic heterocycles. The van der Waals surface area contributed by atoms with Crippen LogP contribution in [0.25, 0.3) is 28.3 Å². The third kappa shape index (κ3) is 4.19. The molecule has 32 heavy (non-hydrogen) atoms. The number of nitrogens with zero attached hydrogens (tertiary/aromatic N) is 5. The van der Waals surface area contributed by atoms with Gasteiger partial charge in [-0.1, -0.05) is 6.92 Å². The Hall–Kier alpha value is -2.63. The van der Waals surface area contributed by atoms with E-state index in [1.165, 1.54) is 18.4 Å². The molecule has 4 aromatic heterocycles. The van der Waals surface area contributed by atoms with E-state index in [-0.39, 0.29) is 5.52 Å². The van der Waals surface area contributed by atoms with Crippen LogP contribution in [0, 0.1) is 5.92 Å². The Labute approximate surface area is 187 Å². The highest BCUT2D eigenvalue weighted by Crippen LogP contribution is 2.36. The lowest BCUT2D eigenvalue weighted by atomic mass is 10.1. The third-order valence-electron chi connectivity index (χ3n) is 5.40. The quantitative estimate of drug-likeness (QED) is 0.262. The number of aryl methyl sites for hydroxylation is 1. The molecule has 1 saturated carbocycles. The number of halogens is 3. The van der Waals surface area contributed by atoms with Crippen LogP contribution in [-0.4, -0.2) is 29.7 Å². The fourth-order valence-electron chi connectivity index (χ4n) is 3.71. The summed E-state index contributed by atoms with van der Waals surface area (Å²) in [7, 11) is 1.76. The van der Waals surface area contributed by atoms with Gasteiger partial charge in [-0.15, -0.1) is 11.8 Å². The van der Waals surface area contributed by atoms with Gasteiger partial charge in [0.1, 0.15) is 21.9 Å². The second-order valence-electron chi connectivity index (χ2n) is 7.67. The predicted molar refractivity (Wildman–Crippen MR) is 119 cm³/mol. The van der Waals surface area contributed by atoms with Crippen molar-refractivity contribution in [3.63, 3.8) is 0 Å². The fraction of sp³-hybridized carbons (Fsp3) is 0.381. The van der Waals surface area contributed by atoms with Gasteiger partial charge in [0.2, 0.25) is 0 Å². The van der Waals surface area contributed by atoms with Crippen molar-refractivity contribution < 1.29 is 13.2 Å². The predicted octanol–water partition coefficient (Wildman–Crippen LogP) is 4.19. The van der Waals surface area contributed by atoms with Gasteiger partial charge in [-0.3, -0.25) is 16.1 Å². The molecule has 170 valence electrons. The van der Waals surface area contributed by atoms with Gasteiger partial charge < -0.3 is 4.57 Å². The highest BCUT2D eigenvalue weighted by atomic mass is 32.2. The van der Waals surface area contributed by atoms with Crippen LogP contribution in [0.2, 0.25) is 0 Å².